The topological polar surface area (TPSA) is 29.1 Å². The number of benzene rings is 1. The van der Waals surface area contributed by atoms with Gasteiger partial charge in [0.05, 0.1) is 0 Å². The van der Waals surface area contributed by atoms with Gasteiger partial charge in [-0.25, -0.2) is 0 Å². The summed E-state index contributed by atoms with van der Waals surface area (Å²) >= 11 is 0. The molecule has 3 rings (SSSR count). The van der Waals surface area contributed by atoms with Crippen molar-refractivity contribution in [2.24, 2.45) is 5.92 Å². The Morgan fingerprint density at radius 3 is 2.68 bits per heavy atom. The minimum atomic E-state index is 0.207. The zero-order chi connectivity index (χ0) is 13.1. The number of hydrogen-bond donors (Lipinski definition) is 1. The fraction of sp³-hybridized carbons (Fsp3) is 0.471. The molecule has 1 aromatic rings. The van der Waals surface area contributed by atoms with Crippen molar-refractivity contribution in [1.29, 1.82) is 0 Å². The Labute approximate surface area is 114 Å². The monoisotopic (exact) mass is 255 g/mol. The summed E-state index contributed by atoms with van der Waals surface area (Å²) in [5.74, 6) is 0.672. The molecular weight excluding hydrogens is 234 g/mol. The van der Waals surface area contributed by atoms with Crippen molar-refractivity contribution in [3.05, 3.63) is 48.0 Å². The number of hydrogen-bond acceptors (Lipinski definition) is 1. The van der Waals surface area contributed by atoms with Gasteiger partial charge in [0, 0.05) is 18.4 Å². The lowest BCUT2D eigenvalue weighted by Crippen LogP contribution is -2.32. The highest BCUT2D eigenvalue weighted by molar-refractivity contribution is 5.76. The number of carbonyl (C=O) groups excluding carboxylic acids is 1. The van der Waals surface area contributed by atoms with Crippen LogP contribution in [0.4, 0.5) is 0 Å². The molecule has 1 N–H and O–H groups in total. The van der Waals surface area contributed by atoms with Crippen LogP contribution in [0.1, 0.15) is 37.7 Å². The van der Waals surface area contributed by atoms with Gasteiger partial charge in [0.2, 0.25) is 5.91 Å². The third kappa shape index (κ3) is 2.89. The molecule has 1 amide bonds. The van der Waals surface area contributed by atoms with Crippen LogP contribution in [0.25, 0.3) is 0 Å². The van der Waals surface area contributed by atoms with Crippen LogP contribution >= 0.6 is 0 Å². The van der Waals surface area contributed by atoms with Crippen LogP contribution in [0.2, 0.25) is 0 Å². The summed E-state index contributed by atoms with van der Waals surface area (Å²) in [7, 11) is 0. The average Bonchev–Trinajstić information content (AvgIpc) is 3.08. The Hall–Kier alpha value is -1.57. The summed E-state index contributed by atoms with van der Waals surface area (Å²) in [6, 6.07) is 10.6. The molecule has 0 radical (unpaired) electrons. The van der Waals surface area contributed by atoms with Crippen LogP contribution in [-0.2, 0) is 10.2 Å². The molecule has 0 bridgehead atoms. The zero-order valence-corrected chi connectivity index (χ0v) is 11.3. The fourth-order valence-electron chi connectivity index (χ4n) is 2.95. The largest absolute Gasteiger partial charge is 0.355 e. The van der Waals surface area contributed by atoms with E-state index in [1.165, 1.54) is 18.4 Å². The van der Waals surface area contributed by atoms with Crippen molar-refractivity contribution in [2.75, 3.05) is 6.54 Å². The summed E-state index contributed by atoms with van der Waals surface area (Å²) in [6.07, 6.45) is 9.68. The quantitative estimate of drug-likeness (QED) is 0.804. The van der Waals surface area contributed by atoms with Gasteiger partial charge < -0.3 is 5.32 Å². The van der Waals surface area contributed by atoms with E-state index in [0.29, 0.717) is 12.3 Å². The number of amides is 1. The van der Waals surface area contributed by atoms with E-state index in [9.17, 15) is 4.79 Å². The first-order chi connectivity index (χ1) is 9.28. The second-order valence-electron chi connectivity index (χ2n) is 5.89. The van der Waals surface area contributed by atoms with Gasteiger partial charge in [-0.2, -0.15) is 0 Å². The van der Waals surface area contributed by atoms with E-state index in [1.807, 2.05) is 6.07 Å². The van der Waals surface area contributed by atoms with Crippen molar-refractivity contribution in [3.8, 4) is 0 Å². The normalized spacial score (nSPS) is 23.3. The molecule has 1 aromatic carbocycles. The first kappa shape index (κ1) is 12.5. The zero-order valence-electron chi connectivity index (χ0n) is 11.3. The predicted molar refractivity (Wildman–Crippen MR) is 76.8 cm³/mol. The number of nitrogens with one attached hydrogen (secondary N) is 1. The van der Waals surface area contributed by atoms with Crippen molar-refractivity contribution in [3.63, 3.8) is 0 Å². The molecule has 0 heterocycles. The number of allylic oxidation sites excluding steroid dienone is 2. The van der Waals surface area contributed by atoms with Crippen molar-refractivity contribution in [1.82, 2.24) is 5.32 Å². The van der Waals surface area contributed by atoms with Crippen LogP contribution in [0.3, 0.4) is 0 Å². The Morgan fingerprint density at radius 2 is 2.05 bits per heavy atom. The maximum absolute atomic E-state index is 12.0. The summed E-state index contributed by atoms with van der Waals surface area (Å²) in [4.78, 5) is 12.0. The maximum Gasteiger partial charge on any atom is 0.220 e. The molecule has 2 aliphatic carbocycles. The van der Waals surface area contributed by atoms with E-state index in [-0.39, 0.29) is 11.3 Å². The summed E-state index contributed by atoms with van der Waals surface area (Å²) < 4.78 is 0. The van der Waals surface area contributed by atoms with E-state index in [1.54, 1.807) is 0 Å². The van der Waals surface area contributed by atoms with E-state index < -0.39 is 0 Å². The lowest BCUT2D eigenvalue weighted by molar-refractivity contribution is -0.121. The Kier molecular flexibility index (Phi) is 3.41. The van der Waals surface area contributed by atoms with E-state index >= 15 is 0 Å². The molecule has 2 nitrogen and oxygen atoms in total. The van der Waals surface area contributed by atoms with E-state index in [4.69, 9.17) is 0 Å². The van der Waals surface area contributed by atoms with Gasteiger partial charge in [0.15, 0.2) is 0 Å². The van der Waals surface area contributed by atoms with Crippen molar-refractivity contribution >= 4 is 5.91 Å². The first-order valence-corrected chi connectivity index (χ1v) is 7.27. The highest BCUT2D eigenvalue weighted by atomic mass is 16.1. The Morgan fingerprint density at radius 1 is 1.26 bits per heavy atom. The smallest absolute Gasteiger partial charge is 0.220 e. The second kappa shape index (κ2) is 5.20. The van der Waals surface area contributed by atoms with Gasteiger partial charge in [-0.15, -0.1) is 0 Å². The second-order valence-corrected chi connectivity index (χ2v) is 5.89. The molecule has 100 valence electrons. The molecule has 2 aliphatic rings. The van der Waals surface area contributed by atoms with Crippen LogP contribution < -0.4 is 5.32 Å². The lowest BCUT2D eigenvalue weighted by Gasteiger charge is -2.17. The standard InChI is InChI=1S/C17H21NO/c19-16(12-14-6-4-5-7-14)18-13-17(10-11-17)15-8-2-1-3-9-15/h1-4,6,8-9,14H,5,7,10-13H2,(H,18,19). The molecule has 1 atom stereocenters. The van der Waals surface area contributed by atoms with Gasteiger partial charge in [-0.05, 0) is 37.2 Å². The maximum atomic E-state index is 12.0. The molecule has 0 spiro atoms. The van der Waals surface area contributed by atoms with Crippen molar-refractivity contribution < 1.29 is 4.79 Å². The van der Waals surface area contributed by atoms with Gasteiger partial charge in [-0.1, -0.05) is 42.5 Å². The lowest BCUT2D eigenvalue weighted by atomic mass is 9.96. The van der Waals surface area contributed by atoms with Crippen molar-refractivity contribution in [2.45, 2.75) is 37.5 Å². The predicted octanol–water partition coefficient (Wildman–Crippen LogP) is 3.19. The van der Waals surface area contributed by atoms with Gasteiger partial charge in [0.25, 0.3) is 0 Å². The van der Waals surface area contributed by atoms with Gasteiger partial charge in [-0.3, -0.25) is 4.79 Å². The Balaban J connectivity index is 1.52. The third-order valence-corrected chi connectivity index (χ3v) is 4.42. The minimum absolute atomic E-state index is 0.207. The SMILES string of the molecule is O=C(CC1C=CCC1)NCC1(c2ccccc2)CC1. The highest BCUT2D eigenvalue weighted by Gasteiger charge is 2.44. The highest BCUT2D eigenvalue weighted by Crippen LogP contribution is 2.47. The van der Waals surface area contributed by atoms with E-state index in [0.717, 1.165) is 19.4 Å². The van der Waals surface area contributed by atoms with E-state index in [2.05, 4.69) is 41.7 Å². The molecule has 0 aromatic heterocycles. The summed E-state index contributed by atoms with van der Waals surface area (Å²) in [6.45, 7) is 0.798. The molecule has 0 saturated heterocycles. The van der Waals surface area contributed by atoms with Gasteiger partial charge in [0.1, 0.15) is 0 Å². The van der Waals surface area contributed by atoms with Gasteiger partial charge >= 0.3 is 0 Å². The molecule has 0 aliphatic heterocycles. The number of carbonyl (C=O) groups is 1. The molecule has 1 unspecified atom stereocenters. The molecular formula is C17H21NO. The van der Waals surface area contributed by atoms with Crippen LogP contribution in [0.5, 0.6) is 0 Å². The number of rotatable bonds is 5. The molecule has 1 saturated carbocycles. The molecule has 2 heteroatoms. The fourth-order valence-corrected chi connectivity index (χ4v) is 2.95. The molecule has 19 heavy (non-hydrogen) atoms. The first-order valence-electron chi connectivity index (χ1n) is 7.27. The summed E-state index contributed by atoms with van der Waals surface area (Å²) in [5.41, 5.74) is 1.60. The summed E-state index contributed by atoms with van der Waals surface area (Å²) in [5, 5.41) is 3.14. The van der Waals surface area contributed by atoms with Crippen LogP contribution in [-0.4, -0.2) is 12.5 Å². The Bertz CT molecular complexity index is 473. The van der Waals surface area contributed by atoms with Crippen LogP contribution in [0, 0.1) is 5.92 Å². The molecule has 1 fully saturated rings. The third-order valence-electron chi connectivity index (χ3n) is 4.42. The minimum Gasteiger partial charge on any atom is -0.355 e. The van der Waals surface area contributed by atoms with Crippen LogP contribution in [0.15, 0.2) is 42.5 Å². The average molecular weight is 255 g/mol.